The molecule has 3 heterocycles. The van der Waals surface area contributed by atoms with Gasteiger partial charge in [0.2, 0.25) is 0 Å². The van der Waals surface area contributed by atoms with E-state index >= 15 is 0 Å². The van der Waals surface area contributed by atoms with Crippen molar-refractivity contribution in [2.45, 2.75) is 32.0 Å². The molecule has 0 saturated carbocycles. The zero-order valence-corrected chi connectivity index (χ0v) is 10.9. The van der Waals surface area contributed by atoms with Gasteiger partial charge in [0.15, 0.2) is 11.7 Å². The van der Waals surface area contributed by atoms with E-state index < -0.39 is 29.6 Å². The molecule has 2 saturated heterocycles. The molecule has 0 spiro atoms. The first-order chi connectivity index (χ1) is 8.90. The van der Waals surface area contributed by atoms with Gasteiger partial charge in [0.1, 0.15) is 0 Å². The van der Waals surface area contributed by atoms with E-state index in [2.05, 4.69) is 0 Å². The van der Waals surface area contributed by atoms with Crippen LogP contribution in [-0.2, 0) is 28.6 Å². The number of fused-ring (bicyclic) bond motifs is 1. The first-order valence-corrected chi connectivity index (χ1v) is 6.12. The number of ether oxygens (including phenoxy) is 3. The number of carbonyl (C=O) groups excluding carboxylic acids is 3. The molecule has 0 N–H and O–H groups in total. The van der Waals surface area contributed by atoms with Gasteiger partial charge < -0.3 is 14.2 Å². The summed E-state index contributed by atoms with van der Waals surface area (Å²) in [6, 6.07) is 0. The van der Waals surface area contributed by atoms with E-state index in [1.54, 1.807) is 13.8 Å². The highest BCUT2D eigenvalue weighted by molar-refractivity contribution is 5.97. The number of carbonyl (C=O) groups is 3. The van der Waals surface area contributed by atoms with Crippen molar-refractivity contribution >= 4 is 17.9 Å². The topological polar surface area (TPSA) is 78.9 Å². The Balaban J connectivity index is 2.18. The second-order valence-corrected chi connectivity index (χ2v) is 5.33. The minimum atomic E-state index is -1.24. The molecule has 19 heavy (non-hydrogen) atoms. The fourth-order valence-electron chi connectivity index (χ4n) is 3.60. The van der Waals surface area contributed by atoms with Crippen LogP contribution in [0.5, 0.6) is 0 Å². The van der Waals surface area contributed by atoms with E-state index in [1.807, 2.05) is 0 Å². The Morgan fingerprint density at radius 3 is 2.74 bits per heavy atom. The normalized spacial score (nSPS) is 39.8. The number of hydrogen-bond acceptors (Lipinski definition) is 6. The van der Waals surface area contributed by atoms with Crippen molar-refractivity contribution in [1.29, 1.82) is 0 Å². The molecular formula is C13H14O6. The van der Waals surface area contributed by atoms with Gasteiger partial charge in [0, 0.05) is 5.92 Å². The van der Waals surface area contributed by atoms with Crippen LogP contribution in [-0.4, -0.2) is 36.7 Å². The predicted octanol–water partition coefficient (Wildman–Crippen LogP) is 0.353. The van der Waals surface area contributed by atoms with Crippen molar-refractivity contribution in [1.82, 2.24) is 0 Å². The Morgan fingerprint density at radius 1 is 1.42 bits per heavy atom. The fraction of sp³-hybridized carbons (Fsp3) is 0.615. The minimum absolute atomic E-state index is 0.186. The fourth-order valence-corrected chi connectivity index (χ4v) is 3.60. The van der Waals surface area contributed by atoms with Crippen molar-refractivity contribution < 1.29 is 28.6 Å². The third-order valence-electron chi connectivity index (χ3n) is 4.33. The third-order valence-corrected chi connectivity index (χ3v) is 4.33. The molecule has 0 aromatic carbocycles. The van der Waals surface area contributed by atoms with Crippen LogP contribution in [0.4, 0.5) is 0 Å². The van der Waals surface area contributed by atoms with Crippen LogP contribution in [0.25, 0.3) is 0 Å². The number of esters is 3. The largest absolute Gasteiger partial charge is 0.466 e. The van der Waals surface area contributed by atoms with Crippen LogP contribution >= 0.6 is 0 Å². The SMILES string of the molecule is COC(=O)C1=C(C)[C@H]2C(=O)O[C@]1(C)[C@H]1OC(=O)C[C@@H]21. The molecule has 0 amide bonds. The summed E-state index contributed by atoms with van der Waals surface area (Å²) in [5.74, 6) is -2.13. The van der Waals surface area contributed by atoms with Gasteiger partial charge in [-0.15, -0.1) is 0 Å². The summed E-state index contributed by atoms with van der Waals surface area (Å²) in [6.45, 7) is 3.32. The number of hydrogen-bond donors (Lipinski definition) is 0. The van der Waals surface area contributed by atoms with Crippen LogP contribution in [0.3, 0.4) is 0 Å². The highest BCUT2D eigenvalue weighted by atomic mass is 16.6. The van der Waals surface area contributed by atoms with Crippen molar-refractivity contribution in [2.24, 2.45) is 11.8 Å². The van der Waals surface area contributed by atoms with Gasteiger partial charge in [-0.25, -0.2) is 4.79 Å². The Morgan fingerprint density at radius 2 is 2.11 bits per heavy atom. The maximum Gasteiger partial charge on any atom is 0.337 e. The Bertz CT molecular complexity index is 533. The quantitative estimate of drug-likeness (QED) is 0.503. The summed E-state index contributed by atoms with van der Waals surface area (Å²) in [5, 5.41) is 0. The van der Waals surface area contributed by atoms with Crippen LogP contribution in [0.2, 0.25) is 0 Å². The van der Waals surface area contributed by atoms with Gasteiger partial charge in [-0.2, -0.15) is 0 Å². The summed E-state index contributed by atoms with van der Waals surface area (Å²) < 4.78 is 15.4. The standard InChI is InChI=1S/C13H14O6/c1-5-8-6-4-7(14)18-10(6)13(2,19-11(8)15)9(5)12(16)17-3/h6,8,10H,4H2,1-3H3/t6-,8+,10-,13-/m0/s1. The molecule has 6 heteroatoms. The third kappa shape index (κ3) is 1.34. The molecule has 0 aromatic heterocycles. The lowest BCUT2D eigenvalue weighted by Gasteiger charge is -2.49. The van der Waals surface area contributed by atoms with E-state index in [0.717, 1.165) is 0 Å². The summed E-state index contributed by atoms with van der Waals surface area (Å²) in [5.41, 5.74) is -0.305. The first kappa shape index (κ1) is 12.2. The molecule has 102 valence electrons. The molecule has 4 atom stereocenters. The average Bonchev–Trinajstić information content (AvgIpc) is 2.70. The number of methoxy groups -OCH3 is 1. The zero-order chi connectivity index (χ0) is 13.9. The maximum absolute atomic E-state index is 12.0. The predicted molar refractivity (Wildman–Crippen MR) is 60.7 cm³/mol. The monoisotopic (exact) mass is 266 g/mol. The second-order valence-electron chi connectivity index (χ2n) is 5.33. The lowest BCUT2D eigenvalue weighted by Crippen LogP contribution is -2.62. The van der Waals surface area contributed by atoms with Gasteiger partial charge in [0.25, 0.3) is 0 Å². The molecule has 2 bridgehead atoms. The highest BCUT2D eigenvalue weighted by Crippen LogP contribution is 2.53. The second kappa shape index (κ2) is 3.59. The first-order valence-electron chi connectivity index (χ1n) is 6.12. The van der Waals surface area contributed by atoms with Crippen molar-refractivity contribution in [2.75, 3.05) is 7.11 Å². The van der Waals surface area contributed by atoms with Crippen molar-refractivity contribution in [3.05, 3.63) is 11.1 Å². The van der Waals surface area contributed by atoms with E-state index in [9.17, 15) is 14.4 Å². The Kier molecular flexibility index (Phi) is 2.30. The molecule has 2 fully saturated rings. The van der Waals surface area contributed by atoms with Gasteiger partial charge in [-0.05, 0) is 19.4 Å². The van der Waals surface area contributed by atoms with Crippen molar-refractivity contribution in [3.63, 3.8) is 0 Å². The summed E-state index contributed by atoms with van der Waals surface area (Å²) >= 11 is 0. The smallest absolute Gasteiger partial charge is 0.337 e. The van der Waals surface area contributed by atoms with Gasteiger partial charge in [-0.3, -0.25) is 9.59 Å². The van der Waals surface area contributed by atoms with Crippen LogP contribution in [0, 0.1) is 11.8 Å². The molecule has 6 nitrogen and oxygen atoms in total. The average molecular weight is 266 g/mol. The molecule has 0 aromatic rings. The molecule has 0 unspecified atom stereocenters. The lowest BCUT2D eigenvalue weighted by molar-refractivity contribution is -0.198. The number of rotatable bonds is 1. The van der Waals surface area contributed by atoms with Crippen LogP contribution in [0.15, 0.2) is 11.1 Å². The van der Waals surface area contributed by atoms with Crippen LogP contribution in [0.1, 0.15) is 20.3 Å². The maximum atomic E-state index is 12.0. The molecular weight excluding hydrogens is 252 g/mol. The van der Waals surface area contributed by atoms with Gasteiger partial charge in [-0.1, -0.05) is 0 Å². The highest BCUT2D eigenvalue weighted by Gasteiger charge is 2.66. The summed E-state index contributed by atoms with van der Waals surface area (Å²) in [7, 11) is 1.27. The van der Waals surface area contributed by atoms with E-state index in [-0.39, 0.29) is 18.3 Å². The van der Waals surface area contributed by atoms with Crippen LogP contribution < -0.4 is 0 Å². The summed E-state index contributed by atoms with van der Waals surface area (Å²) in [6.07, 6.45) is -0.410. The molecule has 3 aliphatic heterocycles. The minimum Gasteiger partial charge on any atom is -0.466 e. The Hall–Kier alpha value is -1.85. The van der Waals surface area contributed by atoms with E-state index in [4.69, 9.17) is 14.2 Å². The van der Waals surface area contributed by atoms with E-state index in [1.165, 1.54) is 7.11 Å². The van der Waals surface area contributed by atoms with Crippen molar-refractivity contribution in [3.8, 4) is 0 Å². The molecule has 4 rings (SSSR count). The molecule has 1 aliphatic carbocycles. The van der Waals surface area contributed by atoms with Gasteiger partial charge >= 0.3 is 17.9 Å². The molecule has 4 aliphatic rings. The van der Waals surface area contributed by atoms with E-state index in [0.29, 0.717) is 11.1 Å². The lowest BCUT2D eigenvalue weighted by atomic mass is 9.64. The summed E-state index contributed by atoms with van der Waals surface area (Å²) in [4.78, 5) is 35.4. The zero-order valence-electron chi connectivity index (χ0n) is 10.9. The molecule has 0 radical (unpaired) electrons. The Labute approximate surface area is 109 Å². The van der Waals surface area contributed by atoms with Gasteiger partial charge in [0.05, 0.1) is 25.0 Å².